The van der Waals surface area contributed by atoms with Crippen LogP contribution in [-0.2, 0) is 19.9 Å². The molecule has 0 N–H and O–H groups in total. The molecule has 1 saturated heterocycles. The molecule has 0 amide bonds. The predicted molar refractivity (Wildman–Crippen MR) is 114 cm³/mol. The molecular formula is C23H21ClN4O. The van der Waals surface area contributed by atoms with Gasteiger partial charge < -0.3 is 9.47 Å². The summed E-state index contributed by atoms with van der Waals surface area (Å²) in [4.78, 5) is 19.5. The molecule has 0 atom stereocenters. The second kappa shape index (κ2) is 6.60. The summed E-state index contributed by atoms with van der Waals surface area (Å²) in [5, 5.41) is 10.1. The highest BCUT2D eigenvalue weighted by atomic mass is 35.5. The lowest BCUT2D eigenvalue weighted by Crippen LogP contribution is -2.42. The van der Waals surface area contributed by atoms with Crippen LogP contribution in [0.1, 0.15) is 29.5 Å². The SMILES string of the molecule is Cn1c(=O)c(C#N)c(N2CCC3(CC2)Cc2ccccc2C3)c2nc(Cl)ccc21. The molecule has 0 unspecified atom stereocenters. The van der Waals surface area contributed by atoms with Gasteiger partial charge in [-0.15, -0.1) is 0 Å². The molecular weight excluding hydrogens is 384 g/mol. The zero-order valence-corrected chi connectivity index (χ0v) is 17.0. The van der Waals surface area contributed by atoms with Gasteiger partial charge in [0.1, 0.15) is 22.3 Å². The van der Waals surface area contributed by atoms with E-state index < -0.39 is 0 Å². The van der Waals surface area contributed by atoms with Crippen LogP contribution in [0.15, 0.2) is 41.2 Å². The fraction of sp³-hybridized carbons (Fsp3) is 0.348. The van der Waals surface area contributed by atoms with Crippen LogP contribution in [0.25, 0.3) is 11.0 Å². The highest BCUT2D eigenvalue weighted by molar-refractivity contribution is 6.29. The molecule has 6 heteroatoms. The number of fused-ring (bicyclic) bond motifs is 2. The first-order valence-electron chi connectivity index (χ1n) is 9.92. The normalized spacial score (nSPS) is 17.5. The minimum absolute atomic E-state index is 0.153. The first kappa shape index (κ1) is 18.2. The Hall–Kier alpha value is -2.84. The predicted octanol–water partition coefficient (Wildman–Crippen LogP) is 3.84. The van der Waals surface area contributed by atoms with Crippen LogP contribution >= 0.6 is 11.6 Å². The van der Waals surface area contributed by atoms with Gasteiger partial charge in [0.2, 0.25) is 0 Å². The monoisotopic (exact) mass is 404 g/mol. The third-order valence-electron chi connectivity index (χ3n) is 6.68. The lowest BCUT2D eigenvalue weighted by atomic mass is 9.76. The van der Waals surface area contributed by atoms with Crippen molar-refractivity contribution >= 4 is 28.3 Å². The molecule has 3 aromatic rings. The second-order valence-electron chi connectivity index (χ2n) is 8.31. The first-order valence-corrected chi connectivity index (χ1v) is 10.3. The fourth-order valence-electron chi connectivity index (χ4n) is 5.11. The molecule has 146 valence electrons. The highest BCUT2D eigenvalue weighted by Gasteiger charge is 2.40. The molecule has 1 aliphatic carbocycles. The number of hydrogen-bond donors (Lipinski definition) is 0. The van der Waals surface area contributed by atoms with Crippen LogP contribution in [0.3, 0.4) is 0 Å². The summed E-state index contributed by atoms with van der Waals surface area (Å²) in [6.07, 6.45) is 4.29. The second-order valence-corrected chi connectivity index (χ2v) is 8.70. The van der Waals surface area contributed by atoms with E-state index in [4.69, 9.17) is 11.6 Å². The molecule has 5 nitrogen and oxygen atoms in total. The Bertz CT molecular complexity index is 1210. The van der Waals surface area contributed by atoms with Crippen LogP contribution in [-0.4, -0.2) is 22.6 Å². The Balaban J connectivity index is 1.53. The minimum atomic E-state index is -0.285. The number of aryl methyl sites for hydroxylation is 1. The Labute approximate surface area is 174 Å². The molecule has 1 spiro atoms. The van der Waals surface area contributed by atoms with Crippen molar-refractivity contribution in [2.45, 2.75) is 25.7 Å². The van der Waals surface area contributed by atoms with E-state index in [1.54, 1.807) is 19.2 Å². The van der Waals surface area contributed by atoms with E-state index in [2.05, 4.69) is 40.2 Å². The average molecular weight is 405 g/mol. The Kier molecular flexibility index (Phi) is 4.15. The van der Waals surface area contributed by atoms with Crippen molar-refractivity contribution in [3.05, 3.63) is 68.6 Å². The number of anilines is 1. The molecule has 0 bridgehead atoms. The lowest BCUT2D eigenvalue weighted by molar-refractivity contribution is 0.233. The average Bonchev–Trinajstić information content (AvgIpc) is 3.09. The van der Waals surface area contributed by atoms with E-state index >= 15 is 0 Å². The van der Waals surface area contributed by atoms with E-state index in [-0.39, 0.29) is 16.5 Å². The van der Waals surface area contributed by atoms with Crippen molar-refractivity contribution in [1.82, 2.24) is 9.55 Å². The topological polar surface area (TPSA) is 61.9 Å². The van der Waals surface area contributed by atoms with Gasteiger partial charge in [0.15, 0.2) is 0 Å². The van der Waals surface area contributed by atoms with Gasteiger partial charge in [-0.25, -0.2) is 4.98 Å². The number of nitrogens with zero attached hydrogens (tertiary/aromatic N) is 4. The van der Waals surface area contributed by atoms with Gasteiger partial charge in [-0.2, -0.15) is 5.26 Å². The third-order valence-corrected chi connectivity index (χ3v) is 6.89. The van der Waals surface area contributed by atoms with E-state index in [1.807, 2.05) is 0 Å². The number of nitriles is 1. The Morgan fingerprint density at radius 3 is 2.38 bits per heavy atom. The minimum Gasteiger partial charge on any atom is -0.368 e. The summed E-state index contributed by atoms with van der Waals surface area (Å²) in [5.41, 5.74) is 5.04. The van der Waals surface area contributed by atoms with Gasteiger partial charge in [0.25, 0.3) is 5.56 Å². The quantitative estimate of drug-likeness (QED) is 0.578. The Morgan fingerprint density at radius 1 is 1.10 bits per heavy atom. The Morgan fingerprint density at radius 2 is 1.76 bits per heavy atom. The molecule has 5 rings (SSSR count). The maximum Gasteiger partial charge on any atom is 0.270 e. The van der Waals surface area contributed by atoms with Gasteiger partial charge in [-0.3, -0.25) is 4.79 Å². The molecule has 1 aliphatic heterocycles. The van der Waals surface area contributed by atoms with Crippen LogP contribution in [0, 0.1) is 16.7 Å². The lowest BCUT2D eigenvalue weighted by Gasteiger charge is -2.41. The van der Waals surface area contributed by atoms with Gasteiger partial charge in [0, 0.05) is 20.1 Å². The fourth-order valence-corrected chi connectivity index (χ4v) is 5.26. The number of halogens is 1. The molecule has 0 saturated carbocycles. The zero-order chi connectivity index (χ0) is 20.2. The summed E-state index contributed by atoms with van der Waals surface area (Å²) in [7, 11) is 1.67. The van der Waals surface area contributed by atoms with E-state index in [9.17, 15) is 10.1 Å². The van der Waals surface area contributed by atoms with Gasteiger partial charge in [-0.1, -0.05) is 35.9 Å². The zero-order valence-electron chi connectivity index (χ0n) is 16.3. The number of piperidine rings is 1. The largest absolute Gasteiger partial charge is 0.368 e. The number of hydrogen-bond acceptors (Lipinski definition) is 4. The molecule has 29 heavy (non-hydrogen) atoms. The van der Waals surface area contributed by atoms with E-state index in [1.165, 1.54) is 15.7 Å². The summed E-state index contributed by atoms with van der Waals surface area (Å²) < 4.78 is 1.49. The van der Waals surface area contributed by atoms with E-state index in [0.29, 0.717) is 21.9 Å². The van der Waals surface area contributed by atoms with Crippen molar-refractivity contribution in [3.8, 4) is 6.07 Å². The summed E-state index contributed by atoms with van der Waals surface area (Å²) in [6.45, 7) is 1.61. The maximum atomic E-state index is 12.8. The third kappa shape index (κ3) is 2.82. The molecule has 1 aromatic carbocycles. The molecule has 3 heterocycles. The first-order chi connectivity index (χ1) is 14.0. The van der Waals surface area contributed by atoms with Crippen LogP contribution in [0.2, 0.25) is 5.15 Å². The number of rotatable bonds is 1. The molecule has 0 radical (unpaired) electrons. The molecule has 2 aliphatic rings. The van der Waals surface area contributed by atoms with Crippen LogP contribution < -0.4 is 10.5 Å². The van der Waals surface area contributed by atoms with Crippen molar-refractivity contribution < 1.29 is 0 Å². The number of aromatic nitrogens is 2. The van der Waals surface area contributed by atoms with Crippen LogP contribution in [0.4, 0.5) is 5.69 Å². The standard InChI is InChI=1S/C23H21ClN4O/c1-27-18-6-7-19(24)26-20(18)21(17(14-25)22(27)29)28-10-8-23(9-11-28)12-15-4-2-3-5-16(15)13-23/h2-7H,8-13H2,1H3. The van der Waals surface area contributed by atoms with Crippen LogP contribution in [0.5, 0.6) is 0 Å². The highest BCUT2D eigenvalue weighted by Crippen LogP contribution is 2.45. The maximum absolute atomic E-state index is 12.8. The smallest absolute Gasteiger partial charge is 0.270 e. The number of benzene rings is 1. The van der Waals surface area contributed by atoms with Crippen molar-refractivity contribution in [2.24, 2.45) is 12.5 Å². The van der Waals surface area contributed by atoms with Gasteiger partial charge in [-0.05, 0) is 54.4 Å². The van der Waals surface area contributed by atoms with E-state index in [0.717, 1.165) is 38.8 Å². The van der Waals surface area contributed by atoms with Crippen molar-refractivity contribution in [3.63, 3.8) is 0 Å². The van der Waals surface area contributed by atoms with Crippen molar-refractivity contribution in [1.29, 1.82) is 5.26 Å². The summed E-state index contributed by atoms with van der Waals surface area (Å²) in [5.74, 6) is 0. The van der Waals surface area contributed by atoms with Gasteiger partial charge >= 0.3 is 0 Å². The summed E-state index contributed by atoms with van der Waals surface area (Å²) >= 11 is 6.17. The van der Waals surface area contributed by atoms with Crippen molar-refractivity contribution in [2.75, 3.05) is 18.0 Å². The summed E-state index contributed by atoms with van der Waals surface area (Å²) in [6, 6.07) is 14.3. The number of pyridine rings is 2. The van der Waals surface area contributed by atoms with Gasteiger partial charge in [0.05, 0.1) is 11.2 Å². The molecule has 2 aromatic heterocycles. The molecule has 1 fully saturated rings.